The van der Waals surface area contributed by atoms with Crippen LogP contribution in [-0.2, 0) is 15.1 Å². The van der Waals surface area contributed by atoms with E-state index in [9.17, 15) is 14.7 Å². The lowest BCUT2D eigenvalue weighted by Crippen LogP contribution is -2.51. The minimum Gasteiger partial charge on any atom is -0.464 e. The minimum absolute atomic E-state index is 0.199. The van der Waals surface area contributed by atoms with Gasteiger partial charge in [-0.2, -0.15) is 0 Å². The second kappa shape index (κ2) is 4.42. The van der Waals surface area contributed by atoms with Gasteiger partial charge in [-0.1, -0.05) is 18.2 Å². The Balaban J connectivity index is 2.61. The number of hydrogen-bond donors (Lipinski definition) is 1. The number of benzene rings is 1. The van der Waals surface area contributed by atoms with Crippen molar-refractivity contribution in [1.82, 2.24) is 4.90 Å². The lowest BCUT2D eigenvalue weighted by atomic mass is 9.90. The Morgan fingerprint density at radius 2 is 2.11 bits per heavy atom. The molecule has 0 spiro atoms. The first-order chi connectivity index (χ1) is 8.59. The molecule has 96 valence electrons. The first kappa shape index (κ1) is 12.6. The zero-order chi connectivity index (χ0) is 13.3. The number of aliphatic hydroxyl groups is 1. The molecule has 1 aromatic carbocycles. The van der Waals surface area contributed by atoms with E-state index in [1.807, 2.05) is 0 Å². The van der Waals surface area contributed by atoms with Gasteiger partial charge in [0.1, 0.15) is 0 Å². The summed E-state index contributed by atoms with van der Waals surface area (Å²) in [6.45, 7) is 1.39. The van der Waals surface area contributed by atoms with E-state index in [1.54, 1.807) is 31.2 Å². The van der Waals surface area contributed by atoms with Crippen LogP contribution in [0.1, 0.15) is 22.8 Å². The quantitative estimate of drug-likeness (QED) is 0.793. The molecule has 0 fully saturated rings. The van der Waals surface area contributed by atoms with E-state index in [1.165, 1.54) is 11.9 Å². The van der Waals surface area contributed by atoms with Crippen molar-refractivity contribution in [3.63, 3.8) is 0 Å². The molecule has 1 unspecified atom stereocenters. The number of rotatable bonds is 3. The van der Waals surface area contributed by atoms with Gasteiger partial charge in [0.2, 0.25) is 0 Å². The van der Waals surface area contributed by atoms with Crippen LogP contribution in [0.2, 0.25) is 0 Å². The highest BCUT2D eigenvalue weighted by molar-refractivity contribution is 6.05. The predicted octanol–water partition coefficient (Wildman–Crippen LogP) is 0.523. The summed E-state index contributed by atoms with van der Waals surface area (Å²) in [5, 5.41) is 9.65. The molecule has 0 radical (unpaired) electrons. The fourth-order valence-electron chi connectivity index (χ4n) is 2.32. The maximum atomic E-state index is 12.1. The number of ether oxygens (including phenoxy) is 1. The third kappa shape index (κ3) is 1.44. The van der Waals surface area contributed by atoms with Gasteiger partial charge in [-0.05, 0) is 13.0 Å². The van der Waals surface area contributed by atoms with Crippen LogP contribution in [0, 0.1) is 0 Å². The molecule has 1 N–H and O–H groups in total. The van der Waals surface area contributed by atoms with Crippen LogP contribution in [0.4, 0.5) is 0 Å². The number of hydrogen-bond acceptors (Lipinski definition) is 4. The standard InChI is InChI=1S/C13H15NO4/c1-3-18-12(17)13(8-15)10-7-5-4-6-9(10)11(16)14(13)2/h4-7,15H,3,8H2,1-2H3. The van der Waals surface area contributed by atoms with Gasteiger partial charge < -0.3 is 14.7 Å². The molecule has 1 amide bonds. The van der Waals surface area contributed by atoms with E-state index in [4.69, 9.17) is 4.74 Å². The fourth-order valence-corrected chi connectivity index (χ4v) is 2.32. The summed E-state index contributed by atoms with van der Waals surface area (Å²) in [4.78, 5) is 25.5. The molecule has 1 aliphatic rings. The van der Waals surface area contributed by atoms with Crippen molar-refractivity contribution in [2.24, 2.45) is 0 Å². The van der Waals surface area contributed by atoms with Crippen LogP contribution in [0.25, 0.3) is 0 Å². The second-order valence-corrected chi connectivity index (χ2v) is 4.15. The Hall–Kier alpha value is -1.88. The van der Waals surface area contributed by atoms with Crippen LogP contribution < -0.4 is 0 Å². The molecule has 0 aliphatic carbocycles. The Morgan fingerprint density at radius 1 is 1.44 bits per heavy atom. The molecular formula is C13H15NO4. The first-order valence-electron chi connectivity index (χ1n) is 5.75. The largest absolute Gasteiger partial charge is 0.464 e. The molecule has 1 atom stereocenters. The van der Waals surface area contributed by atoms with Crippen molar-refractivity contribution >= 4 is 11.9 Å². The molecule has 1 aromatic rings. The summed E-state index contributed by atoms with van der Waals surface area (Å²) in [7, 11) is 1.50. The number of fused-ring (bicyclic) bond motifs is 1. The SMILES string of the molecule is CCOC(=O)C1(CO)c2ccccc2C(=O)N1C. The van der Waals surface area contributed by atoms with Gasteiger partial charge in [0.15, 0.2) is 5.54 Å². The lowest BCUT2D eigenvalue weighted by Gasteiger charge is -2.32. The minimum atomic E-state index is -1.41. The summed E-state index contributed by atoms with van der Waals surface area (Å²) in [5.41, 5.74) is -0.482. The van der Waals surface area contributed by atoms with E-state index in [0.29, 0.717) is 11.1 Å². The summed E-state index contributed by atoms with van der Waals surface area (Å²) in [6.07, 6.45) is 0. The Kier molecular flexibility index (Phi) is 3.09. The zero-order valence-electron chi connectivity index (χ0n) is 10.3. The summed E-state index contributed by atoms with van der Waals surface area (Å²) in [5.74, 6) is -0.888. The van der Waals surface area contributed by atoms with E-state index < -0.39 is 18.1 Å². The maximum Gasteiger partial charge on any atom is 0.339 e. The van der Waals surface area contributed by atoms with Crippen molar-refractivity contribution in [2.75, 3.05) is 20.3 Å². The van der Waals surface area contributed by atoms with Gasteiger partial charge in [0.05, 0.1) is 13.2 Å². The fraction of sp³-hybridized carbons (Fsp3) is 0.385. The van der Waals surface area contributed by atoms with E-state index in [2.05, 4.69) is 0 Å². The molecule has 1 heterocycles. The summed E-state index contributed by atoms with van der Waals surface area (Å²) < 4.78 is 5.00. The van der Waals surface area contributed by atoms with Crippen molar-refractivity contribution in [2.45, 2.75) is 12.5 Å². The maximum absolute atomic E-state index is 12.1. The van der Waals surface area contributed by atoms with Crippen molar-refractivity contribution < 1.29 is 19.4 Å². The Bertz CT molecular complexity index is 500. The molecule has 0 saturated heterocycles. The Morgan fingerprint density at radius 3 is 2.72 bits per heavy atom. The number of aliphatic hydroxyl groups excluding tert-OH is 1. The molecule has 0 bridgehead atoms. The Labute approximate surface area is 105 Å². The molecule has 5 nitrogen and oxygen atoms in total. The molecule has 0 saturated carbocycles. The second-order valence-electron chi connectivity index (χ2n) is 4.15. The number of amides is 1. The van der Waals surface area contributed by atoms with Gasteiger partial charge in [-0.15, -0.1) is 0 Å². The van der Waals surface area contributed by atoms with Gasteiger partial charge in [-0.3, -0.25) is 4.79 Å². The highest BCUT2D eigenvalue weighted by Gasteiger charge is 2.54. The topological polar surface area (TPSA) is 66.8 Å². The van der Waals surface area contributed by atoms with Gasteiger partial charge in [0.25, 0.3) is 5.91 Å². The van der Waals surface area contributed by atoms with Crippen molar-refractivity contribution in [3.05, 3.63) is 35.4 Å². The number of nitrogens with zero attached hydrogens (tertiary/aromatic N) is 1. The van der Waals surface area contributed by atoms with Gasteiger partial charge in [-0.25, -0.2) is 4.79 Å². The number of esters is 1. The molecule has 1 aliphatic heterocycles. The van der Waals surface area contributed by atoms with Crippen LogP contribution in [0.5, 0.6) is 0 Å². The monoisotopic (exact) mass is 249 g/mol. The van der Waals surface area contributed by atoms with E-state index in [0.717, 1.165) is 0 Å². The van der Waals surface area contributed by atoms with Crippen LogP contribution in [0.15, 0.2) is 24.3 Å². The van der Waals surface area contributed by atoms with Crippen LogP contribution in [-0.4, -0.2) is 42.1 Å². The lowest BCUT2D eigenvalue weighted by molar-refractivity contribution is -0.158. The third-order valence-electron chi connectivity index (χ3n) is 3.32. The van der Waals surface area contributed by atoms with Gasteiger partial charge in [0, 0.05) is 18.2 Å². The first-order valence-corrected chi connectivity index (χ1v) is 5.75. The third-order valence-corrected chi connectivity index (χ3v) is 3.32. The smallest absolute Gasteiger partial charge is 0.339 e. The van der Waals surface area contributed by atoms with Crippen molar-refractivity contribution in [1.29, 1.82) is 0 Å². The highest BCUT2D eigenvalue weighted by atomic mass is 16.5. The molecule has 18 heavy (non-hydrogen) atoms. The van der Waals surface area contributed by atoms with E-state index in [-0.39, 0.29) is 12.5 Å². The molecule has 5 heteroatoms. The highest BCUT2D eigenvalue weighted by Crippen LogP contribution is 2.38. The normalized spacial score (nSPS) is 21.9. The number of carbonyl (C=O) groups is 2. The van der Waals surface area contributed by atoms with Gasteiger partial charge >= 0.3 is 5.97 Å². The zero-order valence-corrected chi connectivity index (χ0v) is 10.3. The predicted molar refractivity (Wildman–Crippen MR) is 63.9 cm³/mol. The average Bonchev–Trinajstić information content (AvgIpc) is 2.61. The summed E-state index contributed by atoms with van der Waals surface area (Å²) in [6, 6.07) is 6.77. The molecule has 0 aromatic heterocycles. The van der Waals surface area contributed by atoms with Crippen LogP contribution in [0.3, 0.4) is 0 Å². The number of carbonyl (C=O) groups excluding carboxylic acids is 2. The molecule has 2 rings (SSSR count). The average molecular weight is 249 g/mol. The number of likely N-dealkylation sites (N-methyl/N-ethyl adjacent to an activating group) is 1. The van der Waals surface area contributed by atoms with Crippen LogP contribution >= 0.6 is 0 Å². The molecular weight excluding hydrogens is 234 g/mol. The summed E-state index contributed by atoms with van der Waals surface area (Å²) >= 11 is 0. The van der Waals surface area contributed by atoms with E-state index >= 15 is 0 Å². The van der Waals surface area contributed by atoms with Crippen molar-refractivity contribution in [3.8, 4) is 0 Å².